The highest BCUT2D eigenvalue weighted by molar-refractivity contribution is 6.04. The van der Waals surface area contributed by atoms with Gasteiger partial charge in [-0.15, -0.1) is 0 Å². The van der Waals surface area contributed by atoms with Crippen LogP contribution in [0.5, 0.6) is 0 Å². The van der Waals surface area contributed by atoms with Crippen molar-refractivity contribution in [1.82, 2.24) is 24.7 Å². The smallest absolute Gasteiger partial charge is 0.383 e. The van der Waals surface area contributed by atoms with Gasteiger partial charge in [-0.2, -0.15) is 18.3 Å². The first-order chi connectivity index (χ1) is 19.6. The van der Waals surface area contributed by atoms with Gasteiger partial charge in [0.1, 0.15) is 23.7 Å². The Labute approximate surface area is 230 Å². The lowest BCUT2D eigenvalue weighted by Crippen LogP contribution is -2.14. The van der Waals surface area contributed by atoms with Crippen LogP contribution in [0.3, 0.4) is 0 Å². The van der Waals surface area contributed by atoms with Crippen molar-refractivity contribution in [3.63, 3.8) is 0 Å². The van der Waals surface area contributed by atoms with Gasteiger partial charge >= 0.3 is 6.18 Å². The number of nitrogen functional groups attached to an aromatic ring is 1. The number of nitrogens with two attached hydrogens (primary N) is 1. The summed E-state index contributed by atoms with van der Waals surface area (Å²) in [4.78, 5) is 36.8. The summed E-state index contributed by atoms with van der Waals surface area (Å²) in [6, 6.07) is 15.1. The van der Waals surface area contributed by atoms with Crippen LogP contribution in [0.25, 0.3) is 22.3 Å². The normalized spacial score (nSPS) is 11.3. The van der Waals surface area contributed by atoms with Crippen LogP contribution in [-0.4, -0.2) is 36.5 Å². The molecule has 5 rings (SSSR count). The molecule has 0 fully saturated rings. The van der Waals surface area contributed by atoms with E-state index in [9.17, 15) is 22.8 Å². The molecule has 3 heterocycles. The van der Waals surface area contributed by atoms with Crippen molar-refractivity contribution in [3.05, 3.63) is 103 Å². The zero-order valence-corrected chi connectivity index (χ0v) is 21.2. The lowest BCUT2D eigenvalue weighted by molar-refractivity contribution is -0.137. The van der Waals surface area contributed by atoms with E-state index >= 15 is 0 Å². The number of hydrogen-bond acceptors (Lipinski definition) is 7. The fourth-order valence-corrected chi connectivity index (χ4v) is 4.11. The second kappa shape index (κ2) is 10.9. The monoisotopic (exact) mass is 558 g/mol. The second-order valence-electron chi connectivity index (χ2n) is 8.77. The molecular weight excluding hydrogens is 537 g/mol. The lowest BCUT2D eigenvalue weighted by Gasteiger charge is -2.10. The SMILES string of the molecule is C=CC(=O)Nc1ccccc1Cn1nc(-c2ccc(C(=O)Nc3cc(C(F)(F)F)ccn3)cc2)c2c(N)ncnc21. The Morgan fingerprint density at radius 3 is 2.49 bits per heavy atom. The Kier molecular flexibility index (Phi) is 7.17. The van der Waals surface area contributed by atoms with Crippen LogP contribution < -0.4 is 16.4 Å². The van der Waals surface area contributed by atoms with E-state index in [0.717, 1.165) is 23.9 Å². The molecule has 0 aliphatic carbocycles. The highest BCUT2D eigenvalue weighted by Crippen LogP contribution is 2.32. The number of para-hydroxylation sites is 1. The van der Waals surface area contributed by atoms with Crippen molar-refractivity contribution < 1.29 is 22.8 Å². The molecule has 10 nitrogen and oxygen atoms in total. The van der Waals surface area contributed by atoms with Crippen molar-refractivity contribution in [2.45, 2.75) is 12.7 Å². The summed E-state index contributed by atoms with van der Waals surface area (Å²) in [5, 5.41) is 10.4. The molecule has 0 bridgehead atoms. The molecule has 0 spiro atoms. The molecule has 41 heavy (non-hydrogen) atoms. The minimum atomic E-state index is -4.57. The Balaban J connectivity index is 1.44. The van der Waals surface area contributed by atoms with Crippen LogP contribution in [0.1, 0.15) is 21.5 Å². The van der Waals surface area contributed by atoms with Crippen molar-refractivity contribution in [1.29, 1.82) is 0 Å². The van der Waals surface area contributed by atoms with Crippen molar-refractivity contribution >= 4 is 40.2 Å². The van der Waals surface area contributed by atoms with Gasteiger partial charge in [-0.3, -0.25) is 9.59 Å². The third-order valence-electron chi connectivity index (χ3n) is 6.09. The van der Waals surface area contributed by atoms with Crippen molar-refractivity contribution in [3.8, 4) is 11.3 Å². The number of nitrogens with zero attached hydrogens (tertiary/aromatic N) is 5. The van der Waals surface area contributed by atoms with Gasteiger partial charge < -0.3 is 16.4 Å². The van der Waals surface area contributed by atoms with Gasteiger partial charge in [0.25, 0.3) is 5.91 Å². The summed E-state index contributed by atoms with van der Waals surface area (Å²) in [7, 11) is 0. The number of anilines is 3. The average molecular weight is 559 g/mol. The lowest BCUT2D eigenvalue weighted by atomic mass is 10.1. The maximum Gasteiger partial charge on any atom is 0.416 e. The maximum atomic E-state index is 13.0. The van der Waals surface area contributed by atoms with Crippen LogP contribution >= 0.6 is 0 Å². The Morgan fingerprint density at radius 2 is 1.76 bits per heavy atom. The molecular formula is C28H21F3N8O2. The van der Waals surface area contributed by atoms with Gasteiger partial charge in [0, 0.05) is 23.0 Å². The number of amides is 2. The maximum absolute atomic E-state index is 13.0. The van der Waals surface area contributed by atoms with Gasteiger partial charge in [0.05, 0.1) is 17.5 Å². The number of nitrogens with one attached hydrogen (secondary N) is 2. The topological polar surface area (TPSA) is 141 Å². The highest BCUT2D eigenvalue weighted by Gasteiger charge is 2.31. The Morgan fingerprint density at radius 1 is 1.00 bits per heavy atom. The van der Waals surface area contributed by atoms with Gasteiger partial charge in [0.2, 0.25) is 5.91 Å². The number of alkyl halides is 3. The predicted molar refractivity (Wildman–Crippen MR) is 147 cm³/mol. The van der Waals surface area contributed by atoms with E-state index in [-0.39, 0.29) is 29.7 Å². The van der Waals surface area contributed by atoms with E-state index in [1.807, 2.05) is 12.1 Å². The number of hydrogen-bond donors (Lipinski definition) is 3. The summed E-state index contributed by atoms with van der Waals surface area (Å²) in [5.41, 5.74) is 8.30. The van der Waals surface area contributed by atoms with E-state index in [1.54, 1.807) is 28.9 Å². The Bertz CT molecular complexity index is 1780. The molecule has 2 aromatic carbocycles. The molecule has 0 saturated carbocycles. The summed E-state index contributed by atoms with van der Waals surface area (Å²) in [6.07, 6.45) is -1.10. The van der Waals surface area contributed by atoms with Crippen molar-refractivity contribution in [2.75, 3.05) is 16.4 Å². The highest BCUT2D eigenvalue weighted by atomic mass is 19.4. The molecule has 206 valence electrons. The van der Waals surface area contributed by atoms with E-state index in [1.165, 1.54) is 24.5 Å². The first kappa shape index (κ1) is 27.0. The summed E-state index contributed by atoms with van der Waals surface area (Å²) in [5.74, 6) is -1.03. The molecule has 3 aromatic heterocycles. The van der Waals surface area contributed by atoms with E-state index < -0.39 is 17.6 Å². The summed E-state index contributed by atoms with van der Waals surface area (Å²) in [6.45, 7) is 3.72. The molecule has 0 radical (unpaired) electrons. The number of carbonyl (C=O) groups excluding carboxylic acids is 2. The third-order valence-corrected chi connectivity index (χ3v) is 6.09. The van der Waals surface area contributed by atoms with E-state index in [4.69, 9.17) is 10.8 Å². The number of aromatic nitrogens is 5. The van der Waals surface area contributed by atoms with Gasteiger partial charge in [0.15, 0.2) is 5.65 Å². The number of halogens is 3. The molecule has 0 saturated heterocycles. The number of pyridine rings is 1. The molecule has 2 amide bonds. The van der Waals surface area contributed by atoms with Crippen LogP contribution in [0.4, 0.5) is 30.5 Å². The number of carbonyl (C=O) groups is 2. The largest absolute Gasteiger partial charge is 0.416 e. The third kappa shape index (κ3) is 5.73. The van der Waals surface area contributed by atoms with Crippen molar-refractivity contribution in [2.24, 2.45) is 0 Å². The first-order valence-corrected chi connectivity index (χ1v) is 12.1. The van der Waals surface area contributed by atoms with Gasteiger partial charge in [-0.25, -0.2) is 19.6 Å². The quantitative estimate of drug-likeness (QED) is 0.241. The molecule has 0 aliphatic heterocycles. The number of fused-ring (bicyclic) bond motifs is 1. The summed E-state index contributed by atoms with van der Waals surface area (Å²) < 4.78 is 40.6. The zero-order chi connectivity index (χ0) is 29.1. The fraction of sp³-hybridized carbons (Fsp3) is 0.0714. The average Bonchev–Trinajstić information content (AvgIpc) is 3.33. The molecule has 0 unspecified atom stereocenters. The Hall–Kier alpha value is -5.59. The zero-order valence-electron chi connectivity index (χ0n) is 21.2. The molecule has 0 aliphatic rings. The molecule has 0 atom stereocenters. The number of benzene rings is 2. The number of rotatable bonds is 7. The minimum Gasteiger partial charge on any atom is -0.383 e. The predicted octanol–water partition coefficient (Wildman–Crippen LogP) is 4.91. The van der Waals surface area contributed by atoms with Crippen LogP contribution in [0, 0.1) is 0 Å². The standard InChI is InChI=1S/C28H21F3N8O2/c1-2-22(40)36-20-6-4-3-5-18(20)14-39-26-23(25(32)34-15-35-26)24(38-39)16-7-9-17(10-8-16)27(41)37-21-13-19(11-12-33-21)28(29,30)31/h2-13,15H,1,14H2,(H,36,40)(H2,32,34,35)(H,33,37,41). The van der Waals surface area contributed by atoms with Gasteiger partial charge in [-0.1, -0.05) is 36.9 Å². The van der Waals surface area contributed by atoms with Crippen LogP contribution in [0.2, 0.25) is 0 Å². The second-order valence-corrected chi connectivity index (χ2v) is 8.77. The molecule has 13 heteroatoms. The van der Waals surface area contributed by atoms with Crippen LogP contribution in [0.15, 0.2) is 85.8 Å². The van der Waals surface area contributed by atoms with E-state index in [0.29, 0.717) is 28.0 Å². The minimum absolute atomic E-state index is 0.188. The first-order valence-electron chi connectivity index (χ1n) is 12.1. The van der Waals surface area contributed by atoms with Crippen LogP contribution in [-0.2, 0) is 17.5 Å². The van der Waals surface area contributed by atoms with E-state index in [2.05, 4.69) is 32.2 Å². The summed E-state index contributed by atoms with van der Waals surface area (Å²) >= 11 is 0. The molecule has 4 N–H and O–H groups in total. The molecule has 5 aromatic rings. The van der Waals surface area contributed by atoms with Gasteiger partial charge in [-0.05, 0) is 42.0 Å². The fourth-order valence-electron chi connectivity index (χ4n) is 4.11.